The van der Waals surface area contributed by atoms with E-state index < -0.39 is 74.4 Å². The van der Waals surface area contributed by atoms with Gasteiger partial charge in [0, 0.05) is 25.5 Å². The first kappa shape index (κ1) is 69.1. The van der Waals surface area contributed by atoms with Gasteiger partial charge in [-0.15, -0.1) is 0 Å². The van der Waals surface area contributed by atoms with Gasteiger partial charge in [0.05, 0.1) is 0 Å². The van der Waals surface area contributed by atoms with E-state index in [0.717, 1.165) is 143 Å². The van der Waals surface area contributed by atoms with Gasteiger partial charge in [-0.1, -0.05) is 179 Å². The first-order valence-corrected chi connectivity index (χ1v) is 36.3. The van der Waals surface area contributed by atoms with E-state index in [-0.39, 0.29) is 22.6 Å². The SMILES string of the molecule is CCCC(CCC(CCCCCCCCc1cccc(O)c1)[Si](C)(C)O[Si](C)(C)C(CCC)CCC(CCCCCCCCc1cccc(O)c1)[Si]CCC(F)(F)C(F)(F)C(F)(F)C(F)(F)C(F)(F)C(F)(F)F)[Si]C. The first-order valence-electron chi connectivity index (χ1n) is 27.5. The number of benzene rings is 2. The second kappa shape index (κ2) is 31.7. The summed E-state index contributed by atoms with van der Waals surface area (Å²) in [5, 5.41) is 19.5. The van der Waals surface area contributed by atoms with Crippen molar-refractivity contribution in [3.05, 3.63) is 59.7 Å². The molecule has 0 aliphatic carbocycles. The minimum absolute atomic E-state index is 0.112. The predicted molar refractivity (Wildman–Crippen MR) is 285 cm³/mol. The van der Waals surface area contributed by atoms with Gasteiger partial charge in [-0.05, 0) is 109 Å². The molecule has 2 aromatic rings. The number of halogens is 13. The van der Waals surface area contributed by atoms with Crippen LogP contribution in [0.2, 0.25) is 60.9 Å². The van der Waals surface area contributed by atoms with Gasteiger partial charge in [0.15, 0.2) is 16.6 Å². The van der Waals surface area contributed by atoms with Crippen molar-refractivity contribution in [2.75, 3.05) is 0 Å². The number of hydrogen-bond donors (Lipinski definition) is 2. The predicted octanol–water partition coefficient (Wildman–Crippen LogP) is 20.3. The molecule has 0 spiro atoms. The second-order valence-corrected chi connectivity index (χ2v) is 34.0. The van der Waals surface area contributed by atoms with E-state index in [1.807, 2.05) is 24.3 Å². The Morgan fingerprint density at radius 1 is 0.480 bits per heavy atom. The number of aryl methyl sites for hydroxylation is 2. The van der Waals surface area contributed by atoms with Crippen LogP contribution in [0.15, 0.2) is 48.5 Å². The van der Waals surface area contributed by atoms with E-state index in [1.165, 1.54) is 6.42 Å². The number of aromatic hydroxyl groups is 2. The lowest BCUT2D eigenvalue weighted by Gasteiger charge is -2.43. The highest BCUT2D eigenvalue weighted by atomic mass is 28.4. The fourth-order valence-electron chi connectivity index (χ4n) is 10.5. The van der Waals surface area contributed by atoms with E-state index in [1.54, 1.807) is 24.3 Å². The summed E-state index contributed by atoms with van der Waals surface area (Å²) in [5.74, 6) is -36.2. The van der Waals surface area contributed by atoms with Crippen molar-refractivity contribution in [1.82, 2.24) is 0 Å². The number of hydrogen-bond acceptors (Lipinski definition) is 3. The number of phenols is 2. The van der Waals surface area contributed by atoms with E-state index in [4.69, 9.17) is 4.12 Å². The fraction of sp³-hybridized carbons (Fsp3) is 0.782. The van der Waals surface area contributed by atoms with Gasteiger partial charge < -0.3 is 14.3 Å². The summed E-state index contributed by atoms with van der Waals surface area (Å²) in [4.78, 5) is 0. The molecule has 2 aromatic carbocycles. The summed E-state index contributed by atoms with van der Waals surface area (Å²) in [5.41, 5.74) is 2.96. The normalized spacial score (nSPS) is 15.3. The molecule has 20 heteroatoms. The van der Waals surface area contributed by atoms with Crippen molar-refractivity contribution in [2.45, 2.75) is 271 Å². The molecule has 4 unspecified atom stereocenters. The summed E-state index contributed by atoms with van der Waals surface area (Å²) in [6.45, 7) is 15.6. The van der Waals surface area contributed by atoms with Crippen molar-refractivity contribution in [3.8, 4) is 11.5 Å². The lowest BCUT2D eigenvalue weighted by atomic mass is 9.93. The molecule has 75 heavy (non-hydrogen) atoms. The van der Waals surface area contributed by atoms with Gasteiger partial charge in [0.2, 0.25) is 0 Å². The summed E-state index contributed by atoms with van der Waals surface area (Å²) < 4.78 is 189. The van der Waals surface area contributed by atoms with Crippen LogP contribution < -0.4 is 0 Å². The molecule has 0 fully saturated rings. The molecule has 0 saturated carbocycles. The lowest BCUT2D eigenvalue weighted by molar-refractivity contribution is -0.439. The average molecular weight is 1160 g/mol. The van der Waals surface area contributed by atoms with Crippen LogP contribution in [0.4, 0.5) is 57.1 Å². The topological polar surface area (TPSA) is 49.7 Å². The molecule has 432 valence electrons. The highest BCUT2D eigenvalue weighted by Gasteiger charge is 2.90. The maximum Gasteiger partial charge on any atom is 0.460 e. The maximum atomic E-state index is 15.0. The van der Waals surface area contributed by atoms with Crippen LogP contribution in [0.3, 0.4) is 0 Å². The molecule has 2 rings (SSSR count). The Balaban J connectivity index is 2.23. The Hall–Kier alpha value is -2.04. The minimum Gasteiger partial charge on any atom is -0.508 e. The van der Waals surface area contributed by atoms with Crippen LogP contribution in [-0.4, -0.2) is 81.7 Å². The highest BCUT2D eigenvalue weighted by molar-refractivity contribution is 6.86. The zero-order valence-electron chi connectivity index (χ0n) is 45.5. The van der Waals surface area contributed by atoms with Crippen LogP contribution in [0.1, 0.15) is 173 Å². The Labute approximate surface area is 447 Å². The Kier molecular flexibility index (Phi) is 29.2. The minimum atomic E-state index is -7.89. The van der Waals surface area contributed by atoms with Crippen molar-refractivity contribution in [1.29, 1.82) is 0 Å². The second-order valence-electron chi connectivity index (χ2n) is 22.0. The molecule has 0 heterocycles. The number of unbranched alkanes of at least 4 members (excludes halogenated alkanes) is 10. The third kappa shape index (κ3) is 21.5. The first-order chi connectivity index (χ1) is 34.8. The molecule has 4 radical (unpaired) electrons. The molecule has 0 aliphatic heterocycles. The summed E-state index contributed by atoms with van der Waals surface area (Å²) in [6, 6.07) is 13.5. The monoisotopic (exact) mass is 1150 g/mol. The number of phenolic OH excluding ortho intramolecular Hbond substituents is 2. The number of alkyl halides is 13. The standard InChI is InChI=1S/C55H87F13O3Si4/c1-8-24-46(72-3)34-36-49(33-21-17-13-11-15-19-27-43-29-23-31-45(70)41-43)75(6,7)71-74(4,5)48(25-9-2)37-35-47(32-20-16-12-10-14-18-26-42-28-22-30-44(69)40-42)73-39-38-50(56,57)51(58,59)52(60,61)53(62,63)54(64,65)55(66,67)68/h22-23,28-31,40-41,46-49,69-70H,8-21,24-27,32-39H2,1-7H3. The Bertz CT molecular complexity index is 1890. The molecule has 2 N–H and O–H groups in total. The zero-order valence-corrected chi connectivity index (χ0v) is 49.5. The van der Waals surface area contributed by atoms with Gasteiger partial charge in [-0.2, -0.15) is 57.1 Å². The van der Waals surface area contributed by atoms with Crippen LogP contribution in [0, 0.1) is 0 Å². The third-order valence-electron chi connectivity index (χ3n) is 15.1. The van der Waals surface area contributed by atoms with Crippen LogP contribution in [0.25, 0.3) is 0 Å². The summed E-state index contributed by atoms with van der Waals surface area (Å²) in [6.07, 6.45) is 12.4. The van der Waals surface area contributed by atoms with Gasteiger partial charge in [0.25, 0.3) is 0 Å². The Morgan fingerprint density at radius 3 is 1.33 bits per heavy atom. The van der Waals surface area contributed by atoms with E-state index in [0.29, 0.717) is 36.8 Å². The Morgan fingerprint density at radius 2 is 0.893 bits per heavy atom. The quantitative estimate of drug-likeness (QED) is 0.0396. The van der Waals surface area contributed by atoms with Gasteiger partial charge in [-0.3, -0.25) is 0 Å². The van der Waals surface area contributed by atoms with Gasteiger partial charge in [0.1, 0.15) is 11.5 Å². The molecular weight excluding hydrogens is 1070 g/mol. The average Bonchev–Trinajstić information content (AvgIpc) is 3.31. The van der Waals surface area contributed by atoms with Crippen molar-refractivity contribution in [2.24, 2.45) is 0 Å². The highest BCUT2D eigenvalue weighted by Crippen LogP contribution is 2.61. The van der Waals surface area contributed by atoms with Crippen LogP contribution in [-0.2, 0) is 17.0 Å². The van der Waals surface area contributed by atoms with E-state index in [9.17, 15) is 58.5 Å². The lowest BCUT2D eigenvalue weighted by Crippen LogP contribution is -2.70. The molecule has 3 nitrogen and oxygen atoms in total. The molecule has 4 atom stereocenters. The zero-order chi connectivity index (χ0) is 56.8. The van der Waals surface area contributed by atoms with E-state index >= 15 is 8.78 Å². The van der Waals surface area contributed by atoms with Crippen molar-refractivity contribution in [3.63, 3.8) is 0 Å². The molecule has 0 amide bonds. The van der Waals surface area contributed by atoms with Gasteiger partial charge >= 0.3 is 35.8 Å². The van der Waals surface area contributed by atoms with Crippen LogP contribution >= 0.6 is 0 Å². The van der Waals surface area contributed by atoms with E-state index in [2.05, 4.69) is 46.6 Å². The summed E-state index contributed by atoms with van der Waals surface area (Å²) in [7, 11) is -4.57. The van der Waals surface area contributed by atoms with Crippen molar-refractivity contribution >= 4 is 35.7 Å². The maximum absolute atomic E-state index is 15.0. The molecule has 0 bridgehead atoms. The van der Waals surface area contributed by atoms with Crippen molar-refractivity contribution < 1.29 is 71.4 Å². The number of rotatable bonds is 41. The van der Waals surface area contributed by atoms with Crippen LogP contribution in [0.5, 0.6) is 11.5 Å². The molecular formula is C55H87F13O3Si4. The fourth-order valence-corrected chi connectivity index (χ4v) is 23.5. The smallest absolute Gasteiger partial charge is 0.460 e. The largest absolute Gasteiger partial charge is 0.508 e. The molecule has 0 aliphatic rings. The molecule has 0 saturated heterocycles. The summed E-state index contributed by atoms with van der Waals surface area (Å²) >= 11 is 0. The third-order valence-corrected chi connectivity index (χ3v) is 27.5. The molecule has 0 aromatic heterocycles. The van der Waals surface area contributed by atoms with Gasteiger partial charge in [-0.25, -0.2) is 0 Å².